The normalized spacial score (nSPS) is 20.4. The number of aryl methyl sites for hydroxylation is 1. The maximum absolute atomic E-state index is 13.3. The van der Waals surface area contributed by atoms with Crippen LogP contribution in [0.1, 0.15) is 28.8 Å². The van der Waals surface area contributed by atoms with Crippen LogP contribution in [0.2, 0.25) is 0 Å². The third-order valence-electron chi connectivity index (χ3n) is 6.42. The van der Waals surface area contributed by atoms with Gasteiger partial charge in [-0.05, 0) is 49.6 Å². The summed E-state index contributed by atoms with van der Waals surface area (Å²) in [5.74, 6) is -3.36. The van der Waals surface area contributed by atoms with E-state index < -0.39 is 23.7 Å². The second kappa shape index (κ2) is 9.90. The van der Waals surface area contributed by atoms with Gasteiger partial charge >= 0.3 is 0 Å². The summed E-state index contributed by atoms with van der Waals surface area (Å²) in [4.78, 5) is 41.7. The number of rotatable bonds is 5. The molecule has 0 bridgehead atoms. The molecule has 0 saturated carbocycles. The molecule has 33 heavy (non-hydrogen) atoms. The fraction of sp³-hybridized carbons (Fsp3) is 0.346. The van der Waals surface area contributed by atoms with Crippen LogP contribution in [-0.4, -0.2) is 48.9 Å². The summed E-state index contributed by atoms with van der Waals surface area (Å²) >= 11 is 0. The van der Waals surface area contributed by atoms with Gasteiger partial charge < -0.3 is 25.0 Å². The minimum Gasteiger partial charge on any atom is -0.550 e. The molecule has 0 radical (unpaired) electrons. The molecular formula is C26H28N3O4-. The second-order valence-electron chi connectivity index (χ2n) is 8.63. The summed E-state index contributed by atoms with van der Waals surface area (Å²) in [6.07, 6.45) is 4.18. The van der Waals surface area contributed by atoms with Crippen LogP contribution in [0, 0.1) is 18.8 Å². The van der Waals surface area contributed by atoms with Crippen LogP contribution < -0.4 is 15.3 Å². The van der Waals surface area contributed by atoms with Crippen molar-refractivity contribution in [3.8, 4) is 0 Å². The smallest absolute Gasteiger partial charge is 0.256 e. The number of carboxylic acids is 1. The van der Waals surface area contributed by atoms with E-state index >= 15 is 0 Å². The molecule has 1 saturated heterocycles. The Hall–Kier alpha value is -3.61. The van der Waals surface area contributed by atoms with Crippen molar-refractivity contribution in [1.82, 2.24) is 4.90 Å². The Labute approximate surface area is 193 Å². The van der Waals surface area contributed by atoms with Crippen LogP contribution in [0.3, 0.4) is 0 Å². The summed E-state index contributed by atoms with van der Waals surface area (Å²) in [5.41, 5.74) is 3.16. The predicted molar refractivity (Wildman–Crippen MR) is 125 cm³/mol. The highest BCUT2D eigenvalue weighted by atomic mass is 16.4. The molecule has 1 aliphatic heterocycles. The van der Waals surface area contributed by atoms with Crippen LogP contribution in [0.15, 0.2) is 60.7 Å². The van der Waals surface area contributed by atoms with E-state index in [0.29, 0.717) is 30.8 Å². The fourth-order valence-electron chi connectivity index (χ4n) is 4.53. The molecule has 1 heterocycles. The number of hydrogen-bond donors (Lipinski definition) is 1. The highest BCUT2D eigenvalue weighted by Gasteiger charge is 2.31. The highest BCUT2D eigenvalue weighted by Crippen LogP contribution is 2.28. The molecule has 1 aliphatic carbocycles. The number of anilines is 2. The van der Waals surface area contributed by atoms with Gasteiger partial charge in [-0.15, -0.1) is 0 Å². The lowest BCUT2D eigenvalue weighted by molar-refractivity contribution is -0.313. The number of benzene rings is 2. The number of nitrogens with one attached hydrogen (secondary N) is 1. The summed E-state index contributed by atoms with van der Waals surface area (Å²) in [5, 5.41) is 14.3. The summed E-state index contributed by atoms with van der Waals surface area (Å²) < 4.78 is 0. The molecule has 172 valence electrons. The van der Waals surface area contributed by atoms with Crippen molar-refractivity contribution in [3.05, 3.63) is 71.8 Å². The van der Waals surface area contributed by atoms with E-state index in [0.717, 1.165) is 18.8 Å². The maximum atomic E-state index is 13.3. The number of allylic oxidation sites excluding steroid dienone is 2. The first kappa shape index (κ1) is 22.6. The van der Waals surface area contributed by atoms with E-state index in [-0.39, 0.29) is 12.3 Å². The Kier molecular flexibility index (Phi) is 6.77. The van der Waals surface area contributed by atoms with E-state index in [4.69, 9.17) is 0 Å². The zero-order chi connectivity index (χ0) is 23.4. The third kappa shape index (κ3) is 5.08. The van der Waals surface area contributed by atoms with Gasteiger partial charge in [-0.3, -0.25) is 9.59 Å². The zero-order valence-corrected chi connectivity index (χ0v) is 18.7. The molecular weight excluding hydrogens is 418 g/mol. The fourth-order valence-corrected chi connectivity index (χ4v) is 4.53. The summed E-state index contributed by atoms with van der Waals surface area (Å²) in [6, 6.07) is 15.2. The maximum Gasteiger partial charge on any atom is 0.256 e. The van der Waals surface area contributed by atoms with Gasteiger partial charge in [-0.2, -0.15) is 0 Å². The molecule has 0 aromatic heterocycles. The third-order valence-corrected chi connectivity index (χ3v) is 6.42. The number of nitrogens with zero attached hydrogens (tertiary/aromatic N) is 2. The molecule has 7 heteroatoms. The zero-order valence-electron chi connectivity index (χ0n) is 18.7. The SMILES string of the molecule is Cc1cccc(N2CCN(C(=O)c3ccccc3NC(=O)[C@@H]3CC=CC[C@@H]3C(=O)[O-])CC2)c1. The Balaban J connectivity index is 1.44. The minimum atomic E-state index is -1.23. The first-order chi connectivity index (χ1) is 15.9. The quantitative estimate of drug-likeness (QED) is 0.711. The number of amides is 2. The highest BCUT2D eigenvalue weighted by molar-refractivity contribution is 6.04. The van der Waals surface area contributed by atoms with E-state index in [1.54, 1.807) is 35.2 Å². The lowest BCUT2D eigenvalue weighted by Gasteiger charge is -2.36. The van der Waals surface area contributed by atoms with Gasteiger partial charge in [0.1, 0.15) is 0 Å². The van der Waals surface area contributed by atoms with Crippen molar-refractivity contribution in [3.63, 3.8) is 0 Å². The molecule has 2 aromatic carbocycles. The lowest BCUT2D eigenvalue weighted by atomic mass is 9.82. The monoisotopic (exact) mass is 446 g/mol. The number of para-hydroxylation sites is 1. The Morgan fingerprint density at radius 1 is 0.909 bits per heavy atom. The number of carbonyl (C=O) groups is 3. The number of aliphatic carboxylic acids is 1. The molecule has 2 amide bonds. The van der Waals surface area contributed by atoms with Crippen LogP contribution in [0.5, 0.6) is 0 Å². The number of carbonyl (C=O) groups excluding carboxylic acids is 3. The summed E-state index contributed by atoms with van der Waals surface area (Å²) in [7, 11) is 0. The first-order valence-corrected chi connectivity index (χ1v) is 11.3. The lowest BCUT2D eigenvalue weighted by Crippen LogP contribution is -2.49. The minimum absolute atomic E-state index is 0.144. The van der Waals surface area contributed by atoms with Gasteiger partial charge in [0.15, 0.2) is 0 Å². The van der Waals surface area contributed by atoms with E-state index in [2.05, 4.69) is 35.3 Å². The van der Waals surface area contributed by atoms with Crippen molar-refractivity contribution < 1.29 is 19.5 Å². The first-order valence-electron chi connectivity index (χ1n) is 11.3. The molecule has 2 aromatic rings. The van der Waals surface area contributed by atoms with E-state index in [1.165, 1.54) is 5.56 Å². The van der Waals surface area contributed by atoms with Gasteiger partial charge in [0.25, 0.3) is 5.91 Å². The molecule has 4 rings (SSSR count). The Morgan fingerprint density at radius 3 is 2.30 bits per heavy atom. The summed E-state index contributed by atoms with van der Waals surface area (Å²) in [6.45, 7) is 4.68. The second-order valence-corrected chi connectivity index (χ2v) is 8.63. The van der Waals surface area contributed by atoms with Crippen molar-refractivity contribution in [1.29, 1.82) is 0 Å². The average molecular weight is 447 g/mol. The standard InChI is InChI=1S/C26H29N3O4/c1-18-7-6-8-19(17-18)28-13-15-29(16-14-28)25(31)22-11-4-5-12-23(22)27-24(30)20-9-2-3-10-21(20)26(32)33/h2-8,11-12,17,20-21H,9-10,13-16H2,1H3,(H,27,30)(H,32,33)/p-1/t20-,21+/m1/s1. The molecule has 0 unspecified atom stereocenters. The molecule has 7 nitrogen and oxygen atoms in total. The van der Waals surface area contributed by atoms with Gasteiger partial charge in [0, 0.05) is 43.8 Å². The topological polar surface area (TPSA) is 92.8 Å². The van der Waals surface area contributed by atoms with Crippen LogP contribution >= 0.6 is 0 Å². The van der Waals surface area contributed by atoms with E-state index in [9.17, 15) is 19.5 Å². The van der Waals surface area contributed by atoms with Crippen molar-refractivity contribution in [2.75, 3.05) is 36.4 Å². The van der Waals surface area contributed by atoms with Gasteiger partial charge in [0.05, 0.1) is 17.2 Å². The van der Waals surface area contributed by atoms with Crippen LogP contribution in [0.25, 0.3) is 0 Å². The number of hydrogen-bond acceptors (Lipinski definition) is 5. The molecule has 0 spiro atoms. The molecule has 2 aliphatic rings. The average Bonchev–Trinajstić information content (AvgIpc) is 2.84. The molecule has 1 N–H and O–H groups in total. The van der Waals surface area contributed by atoms with Crippen LogP contribution in [0.4, 0.5) is 11.4 Å². The Bertz CT molecular complexity index is 1070. The van der Waals surface area contributed by atoms with Crippen molar-refractivity contribution in [2.45, 2.75) is 19.8 Å². The number of piperazine rings is 1. The van der Waals surface area contributed by atoms with Crippen molar-refractivity contribution >= 4 is 29.2 Å². The molecule has 2 atom stereocenters. The number of carboxylic acid groups (broad SMARTS) is 1. The van der Waals surface area contributed by atoms with Gasteiger partial charge in [-0.1, -0.05) is 36.4 Å². The van der Waals surface area contributed by atoms with Gasteiger partial charge in [0.2, 0.25) is 5.91 Å². The Morgan fingerprint density at radius 2 is 1.61 bits per heavy atom. The largest absolute Gasteiger partial charge is 0.550 e. The molecule has 1 fully saturated rings. The van der Waals surface area contributed by atoms with E-state index in [1.807, 2.05) is 12.1 Å². The predicted octanol–water partition coefficient (Wildman–Crippen LogP) is 2.23. The van der Waals surface area contributed by atoms with Gasteiger partial charge in [-0.25, -0.2) is 0 Å². The van der Waals surface area contributed by atoms with Crippen molar-refractivity contribution in [2.24, 2.45) is 11.8 Å². The van der Waals surface area contributed by atoms with Crippen LogP contribution in [-0.2, 0) is 9.59 Å².